The van der Waals surface area contributed by atoms with Crippen LogP contribution in [0.25, 0.3) is 0 Å². The number of pyridine rings is 1. The minimum absolute atomic E-state index is 0.169. The van der Waals surface area contributed by atoms with Crippen LogP contribution in [0.1, 0.15) is 15.9 Å². The number of rotatable bonds is 4. The van der Waals surface area contributed by atoms with Crippen LogP contribution in [0.5, 0.6) is 5.75 Å². The molecule has 1 amide bonds. The van der Waals surface area contributed by atoms with Gasteiger partial charge in [-0.1, -0.05) is 35.3 Å². The summed E-state index contributed by atoms with van der Waals surface area (Å²) >= 11 is 11.6. The molecule has 1 aromatic heterocycles. The molecule has 21 heavy (non-hydrogen) atoms. The van der Waals surface area contributed by atoms with E-state index < -0.39 is 0 Å². The maximum Gasteiger partial charge on any atom is 0.254 e. The Morgan fingerprint density at radius 1 is 1.19 bits per heavy atom. The van der Waals surface area contributed by atoms with Crippen molar-refractivity contribution in [1.82, 2.24) is 9.88 Å². The molecule has 0 N–H and O–H groups in total. The van der Waals surface area contributed by atoms with Gasteiger partial charge in [-0.2, -0.15) is 0 Å². The van der Waals surface area contributed by atoms with Gasteiger partial charge in [-0.15, -0.1) is 0 Å². The van der Waals surface area contributed by atoms with Gasteiger partial charge in [0, 0.05) is 19.2 Å². The van der Waals surface area contributed by atoms with E-state index in [0.717, 1.165) is 11.3 Å². The number of carbonyl (C=O) groups excluding carboxylic acids is 1. The van der Waals surface area contributed by atoms with Crippen LogP contribution in [0.15, 0.2) is 36.4 Å². The molecule has 0 unspecified atom stereocenters. The molecule has 2 rings (SSSR count). The highest BCUT2D eigenvalue weighted by Crippen LogP contribution is 2.17. The van der Waals surface area contributed by atoms with Gasteiger partial charge in [-0.05, 0) is 29.8 Å². The molecule has 0 aliphatic carbocycles. The number of aromatic nitrogens is 1. The van der Waals surface area contributed by atoms with Gasteiger partial charge in [0.2, 0.25) is 0 Å². The molecule has 1 heterocycles. The fourth-order valence-electron chi connectivity index (χ4n) is 1.89. The molecule has 0 radical (unpaired) electrons. The van der Waals surface area contributed by atoms with Gasteiger partial charge in [0.15, 0.2) is 0 Å². The number of benzene rings is 1. The summed E-state index contributed by atoms with van der Waals surface area (Å²) in [6.07, 6.45) is 0. The Morgan fingerprint density at radius 2 is 1.76 bits per heavy atom. The van der Waals surface area contributed by atoms with Gasteiger partial charge in [-0.25, -0.2) is 4.98 Å². The molecular weight excluding hydrogens is 311 g/mol. The number of nitrogens with zero attached hydrogens (tertiary/aromatic N) is 2. The van der Waals surface area contributed by atoms with E-state index in [2.05, 4.69) is 4.98 Å². The third-order valence-corrected chi connectivity index (χ3v) is 3.32. The standard InChI is InChI=1S/C15H14Cl2N2O2/c1-19(9-10-3-5-12(21-2)6-4-10)15(20)11-7-13(16)18-14(17)8-11/h3-8H,9H2,1-2H3. The summed E-state index contributed by atoms with van der Waals surface area (Å²) in [4.78, 5) is 17.7. The molecule has 0 saturated heterocycles. The van der Waals surface area contributed by atoms with E-state index in [4.69, 9.17) is 27.9 Å². The zero-order valence-electron chi connectivity index (χ0n) is 11.6. The van der Waals surface area contributed by atoms with Crippen LogP contribution in [-0.2, 0) is 6.54 Å². The zero-order chi connectivity index (χ0) is 15.4. The van der Waals surface area contributed by atoms with Crippen LogP contribution >= 0.6 is 23.2 Å². The van der Waals surface area contributed by atoms with Gasteiger partial charge in [0.05, 0.1) is 7.11 Å². The number of halogens is 2. The number of methoxy groups -OCH3 is 1. The molecule has 0 fully saturated rings. The van der Waals surface area contributed by atoms with Gasteiger partial charge in [0.1, 0.15) is 16.1 Å². The number of hydrogen-bond donors (Lipinski definition) is 0. The minimum atomic E-state index is -0.169. The summed E-state index contributed by atoms with van der Waals surface area (Å²) in [7, 11) is 3.33. The second-order valence-electron chi connectivity index (χ2n) is 4.51. The van der Waals surface area contributed by atoms with Crippen molar-refractivity contribution < 1.29 is 9.53 Å². The van der Waals surface area contributed by atoms with Crippen molar-refractivity contribution in [1.29, 1.82) is 0 Å². The largest absolute Gasteiger partial charge is 0.497 e. The molecule has 0 bridgehead atoms. The Labute approximate surface area is 133 Å². The van der Waals surface area contributed by atoms with Gasteiger partial charge in [0.25, 0.3) is 5.91 Å². The fraction of sp³-hybridized carbons (Fsp3) is 0.200. The second-order valence-corrected chi connectivity index (χ2v) is 5.29. The first-order valence-corrected chi connectivity index (χ1v) is 6.96. The number of ether oxygens (including phenoxy) is 1. The maximum atomic E-state index is 12.3. The normalized spacial score (nSPS) is 10.3. The molecule has 1 aromatic carbocycles. The van der Waals surface area contributed by atoms with Gasteiger partial charge < -0.3 is 9.64 Å². The summed E-state index contributed by atoms with van der Waals surface area (Å²) in [6, 6.07) is 10.5. The second kappa shape index (κ2) is 6.78. The first-order valence-electron chi connectivity index (χ1n) is 6.21. The van der Waals surface area contributed by atoms with E-state index in [1.54, 1.807) is 19.1 Å². The summed E-state index contributed by atoms with van der Waals surface area (Å²) in [5.74, 6) is 0.609. The molecule has 0 spiro atoms. The van der Waals surface area contributed by atoms with Crippen molar-refractivity contribution in [3.63, 3.8) is 0 Å². The van der Waals surface area contributed by atoms with E-state index in [9.17, 15) is 4.79 Å². The number of amides is 1. The average Bonchev–Trinajstić information content (AvgIpc) is 2.46. The van der Waals surface area contributed by atoms with Crippen molar-refractivity contribution in [2.45, 2.75) is 6.54 Å². The van der Waals surface area contributed by atoms with Crippen molar-refractivity contribution >= 4 is 29.1 Å². The average molecular weight is 325 g/mol. The quantitative estimate of drug-likeness (QED) is 0.806. The summed E-state index contributed by atoms with van der Waals surface area (Å²) < 4.78 is 5.10. The van der Waals surface area contributed by atoms with E-state index in [1.807, 2.05) is 24.3 Å². The lowest BCUT2D eigenvalue weighted by Crippen LogP contribution is -2.26. The highest BCUT2D eigenvalue weighted by atomic mass is 35.5. The lowest BCUT2D eigenvalue weighted by atomic mass is 10.2. The minimum Gasteiger partial charge on any atom is -0.497 e. The van der Waals surface area contributed by atoms with Crippen molar-refractivity contribution in [3.8, 4) is 5.75 Å². The predicted molar refractivity (Wildman–Crippen MR) is 83.0 cm³/mol. The van der Waals surface area contributed by atoms with Crippen LogP contribution in [-0.4, -0.2) is 29.9 Å². The molecular formula is C15H14Cl2N2O2. The SMILES string of the molecule is COc1ccc(CN(C)C(=O)c2cc(Cl)nc(Cl)c2)cc1. The monoisotopic (exact) mass is 324 g/mol. The van der Waals surface area contributed by atoms with Crippen LogP contribution in [0.4, 0.5) is 0 Å². The van der Waals surface area contributed by atoms with Gasteiger partial charge >= 0.3 is 0 Å². The predicted octanol–water partition coefficient (Wildman–Crippen LogP) is 3.67. The lowest BCUT2D eigenvalue weighted by molar-refractivity contribution is 0.0785. The van der Waals surface area contributed by atoms with E-state index >= 15 is 0 Å². The molecule has 4 nitrogen and oxygen atoms in total. The maximum absolute atomic E-state index is 12.3. The fourth-order valence-corrected chi connectivity index (χ4v) is 2.35. The molecule has 2 aromatic rings. The third kappa shape index (κ3) is 4.09. The summed E-state index contributed by atoms with van der Waals surface area (Å²) in [5, 5.41) is 0.396. The van der Waals surface area contributed by atoms with Crippen LogP contribution in [0, 0.1) is 0 Å². The molecule has 0 aliphatic rings. The Morgan fingerprint density at radius 3 is 2.29 bits per heavy atom. The Balaban J connectivity index is 2.11. The van der Waals surface area contributed by atoms with Crippen LogP contribution in [0.3, 0.4) is 0 Å². The van der Waals surface area contributed by atoms with Crippen LogP contribution in [0.2, 0.25) is 10.3 Å². The van der Waals surface area contributed by atoms with E-state index in [0.29, 0.717) is 12.1 Å². The molecule has 0 saturated carbocycles. The smallest absolute Gasteiger partial charge is 0.254 e. The first kappa shape index (κ1) is 15.6. The van der Waals surface area contributed by atoms with E-state index in [-0.39, 0.29) is 16.2 Å². The van der Waals surface area contributed by atoms with Crippen LogP contribution < -0.4 is 4.74 Å². The van der Waals surface area contributed by atoms with Gasteiger partial charge in [-0.3, -0.25) is 4.79 Å². The van der Waals surface area contributed by atoms with Crippen molar-refractivity contribution in [3.05, 3.63) is 57.8 Å². The Bertz CT molecular complexity index is 624. The third-order valence-electron chi connectivity index (χ3n) is 2.94. The molecule has 110 valence electrons. The number of carbonyl (C=O) groups is 1. The molecule has 0 aliphatic heterocycles. The van der Waals surface area contributed by atoms with Crippen molar-refractivity contribution in [2.75, 3.05) is 14.2 Å². The summed E-state index contributed by atoms with van der Waals surface area (Å²) in [5.41, 5.74) is 1.41. The zero-order valence-corrected chi connectivity index (χ0v) is 13.1. The molecule has 0 atom stereocenters. The Kier molecular flexibility index (Phi) is 5.04. The topological polar surface area (TPSA) is 42.4 Å². The summed E-state index contributed by atoms with van der Waals surface area (Å²) in [6.45, 7) is 0.473. The highest BCUT2D eigenvalue weighted by molar-refractivity contribution is 6.33. The van der Waals surface area contributed by atoms with Crippen molar-refractivity contribution in [2.24, 2.45) is 0 Å². The Hall–Kier alpha value is -1.78. The first-order chi connectivity index (χ1) is 9.99. The van der Waals surface area contributed by atoms with E-state index in [1.165, 1.54) is 12.1 Å². The lowest BCUT2D eigenvalue weighted by Gasteiger charge is -2.17. The highest BCUT2D eigenvalue weighted by Gasteiger charge is 2.14. The molecule has 6 heteroatoms. The number of hydrogen-bond acceptors (Lipinski definition) is 3.